The number of esters is 1. The molecule has 1 amide bonds. The number of aliphatic hydroxyl groups is 1. The van der Waals surface area contributed by atoms with Gasteiger partial charge >= 0.3 is 12.1 Å². The fourth-order valence-corrected chi connectivity index (χ4v) is 1.64. The van der Waals surface area contributed by atoms with Gasteiger partial charge in [0.05, 0.1) is 25.9 Å². The number of hydrogen-bond acceptors (Lipinski definition) is 5. The van der Waals surface area contributed by atoms with Crippen LogP contribution in [0.4, 0.5) is 4.79 Å². The molecule has 16 heavy (non-hydrogen) atoms. The minimum absolute atomic E-state index is 0.103. The minimum atomic E-state index is -0.744. The summed E-state index contributed by atoms with van der Waals surface area (Å²) < 4.78 is 9.54. The molecular formula is C10H17NO5. The molecule has 1 rings (SSSR count). The molecule has 1 fully saturated rings. The molecule has 1 aliphatic heterocycles. The van der Waals surface area contributed by atoms with Crippen molar-refractivity contribution in [2.24, 2.45) is 0 Å². The zero-order valence-electron chi connectivity index (χ0n) is 9.67. The van der Waals surface area contributed by atoms with Gasteiger partial charge in [0.1, 0.15) is 6.04 Å². The molecule has 0 spiro atoms. The lowest BCUT2D eigenvalue weighted by atomic mass is 10.2. The van der Waals surface area contributed by atoms with Crippen molar-refractivity contribution in [3.8, 4) is 0 Å². The summed E-state index contributed by atoms with van der Waals surface area (Å²) in [4.78, 5) is 24.2. The molecule has 1 aliphatic rings. The number of amides is 1. The van der Waals surface area contributed by atoms with Crippen LogP contribution in [0.25, 0.3) is 0 Å². The normalized spacial score (nSPS) is 24.7. The number of methoxy groups -OCH3 is 1. The summed E-state index contributed by atoms with van der Waals surface area (Å²) >= 11 is 0. The van der Waals surface area contributed by atoms with Crippen molar-refractivity contribution in [2.75, 3.05) is 13.7 Å². The zero-order valence-corrected chi connectivity index (χ0v) is 9.67. The highest BCUT2D eigenvalue weighted by Gasteiger charge is 2.40. The van der Waals surface area contributed by atoms with E-state index in [0.717, 1.165) is 0 Å². The maximum absolute atomic E-state index is 11.6. The molecular weight excluding hydrogens is 214 g/mol. The van der Waals surface area contributed by atoms with Crippen LogP contribution < -0.4 is 0 Å². The molecule has 0 aromatic carbocycles. The lowest BCUT2D eigenvalue weighted by molar-refractivity contribution is -0.145. The van der Waals surface area contributed by atoms with Crippen molar-refractivity contribution < 1.29 is 24.2 Å². The Morgan fingerprint density at radius 2 is 2.06 bits per heavy atom. The molecule has 92 valence electrons. The van der Waals surface area contributed by atoms with Gasteiger partial charge in [-0.25, -0.2) is 9.59 Å². The molecule has 2 atom stereocenters. The van der Waals surface area contributed by atoms with Gasteiger partial charge in [-0.1, -0.05) is 0 Å². The van der Waals surface area contributed by atoms with Gasteiger partial charge in [-0.05, 0) is 13.8 Å². The maximum Gasteiger partial charge on any atom is 0.410 e. The Labute approximate surface area is 94.1 Å². The molecule has 0 aromatic heterocycles. The van der Waals surface area contributed by atoms with E-state index in [9.17, 15) is 14.7 Å². The lowest BCUT2D eigenvalue weighted by Crippen LogP contribution is -2.42. The lowest BCUT2D eigenvalue weighted by Gasteiger charge is -2.22. The Balaban J connectivity index is 2.69. The second-order valence-corrected chi connectivity index (χ2v) is 4.01. The maximum atomic E-state index is 11.6. The molecule has 6 heteroatoms. The van der Waals surface area contributed by atoms with E-state index in [1.807, 2.05) is 0 Å². The quantitative estimate of drug-likeness (QED) is 0.684. The average molecular weight is 231 g/mol. The summed E-state index contributed by atoms with van der Waals surface area (Å²) in [5.41, 5.74) is 0. The van der Waals surface area contributed by atoms with Crippen LogP contribution in [-0.2, 0) is 14.3 Å². The molecule has 0 bridgehead atoms. The number of rotatable bonds is 2. The second-order valence-electron chi connectivity index (χ2n) is 4.01. The molecule has 0 aliphatic carbocycles. The first-order valence-electron chi connectivity index (χ1n) is 5.18. The van der Waals surface area contributed by atoms with Crippen molar-refractivity contribution >= 4 is 12.1 Å². The van der Waals surface area contributed by atoms with Gasteiger partial charge in [0.25, 0.3) is 0 Å². The van der Waals surface area contributed by atoms with Gasteiger partial charge < -0.3 is 14.6 Å². The van der Waals surface area contributed by atoms with Crippen LogP contribution in [0.3, 0.4) is 0 Å². The first-order valence-corrected chi connectivity index (χ1v) is 5.18. The van der Waals surface area contributed by atoms with Crippen LogP contribution in [0.1, 0.15) is 20.3 Å². The molecule has 1 saturated heterocycles. The molecule has 6 nitrogen and oxygen atoms in total. The molecule has 2 unspecified atom stereocenters. The number of hydrogen-bond donors (Lipinski definition) is 1. The number of ether oxygens (including phenoxy) is 2. The number of likely N-dealkylation sites (tertiary alicyclic amines) is 1. The van der Waals surface area contributed by atoms with Crippen LogP contribution in [0.5, 0.6) is 0 Å². The van der Waals surface area contributed by atoms with E-state index in [0.29, 0.717) is 0 Å². The molecule has 1 N–H and O–H groups in total. The predicted octanol–water partition coefficient (Wildman–Crippen LogP) is 0.140. The number of nitrogens with zero attached hydrogens (tertiary/aromatic N) is 1. The summed E-state index contributed by atoms with van der Waals surface area (Å²) in [5, 5.41) is 9.44. The summed E-state index contributed by atoms with van der Waals surface area (Å²) in [6, 6.07) is -0.744. The van der Waals surface area contributed by atoms with Gasteiger partial charge in [-0.3, -0.25) is 4.90 Å². The van der Waals surface area contributed by atoms with E-state index in [1.54, 1.807) is 13.8 Å². The van der Waals surface area contributed by atoms with Crippen LogP contribution >= 0.6 is 0 Å². The van der Waals surface area contributed by atoms with Gasteiger partial charge in [0.15, 0.2) is 0 Å². The summed E-state index contributed by atoms with van der Waals surface area (Å²) in [6.07, 6.45) is -1.37. The third-order valence-corrected chi connectivity index (χ3v) is 2.32. The first-order chi connectivity index (χ1) is 7.45. The highest BCUT2D eigenvalue weighted by atomic mass is 16.6. The monoisotopic (exact) mass is 231 g/mol. The molecule has 0 aromatic rings. The van der Waals surface area contributed by atoms with Crippen molar-refractivity contribution in [1.29, 1.82) is 0 Å². The predicted molar refractivity (Wildman–Crippen MR) is 54.8 cm³/mol. The van der Waals surface area contributed by atoms with Gasteiger partial charge in [-0.15, -0.1) is 0 Å². The Bertz CT molecular complexity index is 278. The van der Waals surface area contributed by atoms with Crippen molar-refractivity contribution in [3.63, 3.8) is 0 Å². The van der Waals surface area contributed by atoms with Crippen molar-refractivity contribution in [3.05, 3.63) is 0 Å². The standard InChI is InChI=1S/C10H17NO5/c1-6(2)16-10(14)11-5-7(12)4-8(11)9(13)15-3/h6-8,12H,4-5H2,1-3H3. The van der Waals surface area contributed by atoms with Gasteiger partial charge in [-0.2, -0.15) is 0 Å². The Hall–Kier alpha value is -1.30. The van der Waals surface area contributed by atoms with Crippen molar-refractivity contribution in [2.45, 2.75) is 38.5 Å². The van der Waals surface area contributed by atoms with Crippen LogP contribution in [0.15, 0.2) is 0 Å². The number of carbonyl (C=O) groups is 2. The summed E-state index contributed by atoms with van der Waals surface area (Å²) in [7, 11) is 1.25. The number of aliphatic hydroxyl groups excluding tert-OH is 1. The number of carbonyl (C=O) groups excluding carboxylic acids is 2. The van der Waals surface area contributed by atoms with E-state index in [4.69, 9.17) is 4.74 Å². The van der Waals surface area contributed by atoms with E-state index >= 15 is 0 Å². The SMILES string of the molecule is COC(=O)C1CC(O)CN1C(=O)OC(C)C. The Kier molecular flexibility index (Phi) is 4.12. The fourth-order valence-electron chi connectivity index (χ4n) is 1.64. The zero-order chi connectivity index (χ0) is 12.3. The van der Waals surface area contributed by atoms with Crippen molar-refractivity contribution in [1.82, 2.24) is 4.90 Å². The number of β-amino-alcohol motifs (C(OH)–C–C–N with tert-alkyl or cyclic N) is 1. The smallest absolute Gasteiger partial charge is 0.410 e. The largest absolute Gasteiger partial charge is 0.467 e. The minimum Gasteiger partial charge on any atom is -0.467 e. The molecule has 0 radical (unpaired) electrons. The van der Waals surface area contributed by atoms with Crippen LogP contribution in [0.2, 0.25) is 0 Å². The van der Waals surface area contributed by atoms with E-state index in [-0.39, 0.29) is 19.1 Å². The topological polar surface area (TPSA) is 76.1 Å². The van der Waals surface area contributed by atoms with Crippen LogP contribution in [-0.4, -0.2) is 54.0 Å². The third kappa shape index (κ3) is 2.85. The molecule has 1 heterocycles. The highest BCUT2D eigenvalue weighted by Crippen LogP contribution is 2.20. The summed E-state index contributed by atoms with van der Waals surface area (Å²) in [5.74, 6) is -0.530. The third-order valence-electron chi connectivity index (χ3n) is 2.32. The second kappa shape index (κ2) is 5.16. The Morgan fingerprint density at radius 1 is 1.44 bits per heavy atom. The first kappa shape index (κ1) is 12.8. The fraction of sp³-hybridized carbons (Fsp3) is 0.800. The average Bonchev–Trinajstić information content (AvgIpc) is 2.58. The summed E-state index contributed by atoms with van der Waals surface area (Å²) in [6.45, 7) is 3.54. The van der Waals surface area contributed by atoms with E-state index in [2.05, 4.69) is 4.74 Å². The van der Waals surface area contributed by atoms with E-state index in [1.165, 1.54) is 12.0 Å². The van der Waals surface area contributed by atoms with Gasteiger partial charge in [0, 0.05) is 6.42 Å². The van der Waals surface area contributed by atoms with Crippen LogP contribution in [0, 0.1) is 0 Å². The molecule has 0 saturated carbocycles. The Morgan fingerprint density at radius 3 is 2.56 bits per heavy atom. The van der Waals surface area contributed by atoms with E-state index < -0.39 is 24.2 Å². The highest BCUT2D eigenvalue weighted by molar-refractivity contribution is 5.82. The van der Waals surface area contributed by atoms with Gasteiger partial charge in [0.2, 0.25) is 0 Å².